The number of fused-ring (bicyclic) bond motifs is 1. The van der Waals surface area contributed by atoms with Crippen LogP contribution in [0.5, 0.6) is 0 Å². The van der Waals surface area contributed by atoms with Crippen LogP contribution in [-0.2, 0) is 11.3 Å². The van der Waals surface area contributed by atoms with Crippen molar-refractivity contribution in [3.05, 3.63) is 46.5 Å². The highest BCUT2D eigenvalue weighted by Crippen LogP contribution is 2.35. The van der Waals surface area contributed by atoms with Gasteiger partial charge in [0.2, 0.25) is 0 Å². The third kappa shape index (κ3) is 4.16. The summed E-state index contributed by atoms with van der Waals surface area (Å²) in [6, 6.07) is 9.59. The number of hydrogen-bond acceptors (Lipinski definition) is 7. The van der Waals surface area contributed by atoms with E-state index in [-0.39, 0.29) is 12.1 Å². The number of para-hydroxylation sites is 1. The maximum Gasteiger partial charge on any atom is 0.321 e. The number of carbonyl (C=O) groups excluding carboxylic acids is 1. The van der Waals surface area contributed by atoms with E-state index in [2.05, 4.69) is 20.8 Å². The van der Waals surface area contributed by atoms with Crippen LogP contribution in [-0.4, -0.2) is 47.0 Å². The number of aromatic nitrogens is 2. The third-order valence-corrected chi connectivity index (χ3v) is 6.18. The Morgan fingerprint density at radius 3 is 2.79 bits per heavy atom. The van der Waals surface area contributed by atoms with Crippen molar-refractivity contribution in [3.63, 3.8) is 0 Å². The monoisotopic (exact) mass is 412 g/mol. The van der Waals surface area contributed by atoms with Crippen molar-refractivity contribution in [2.45, 2.75) is 26.5 Å². The van der Waals surface area contributed by atoms with Crippen molar-refractivity contribution in [3.8, 4) is 0 Å². The summed E-state index contributed by atoms with van der Waals surface area (Å²) < 4.78 is 5.75. The van der Waals surface area contributed by atoms with Gasteiger partial charge in [0.15, 0.2) is 0 Å². The number of thiophene rings is 1. The molecule has 4 N–H and O–H groups in total. The van der Waals surface area contributed by atoms with Gasteiger partial charge < -0.3 is 20.7 Å². The van der Waals surface area contributed by atoms with Gasteiger partial charge in [-0.2, -0.15) is 5.10 Å². The summed E-state index contributed by atoms with van der Waals surface area (Å²) in [7, 11) is 0. The SMILES string of the molecule is Cc1nnc2sc(COCNC3CN(C(=O)Nc4ccccc4)C3)c(N)c2c1C. The molecule has 0 aliphatic carbocycles. The van der Waals surface area contributed by atoms with Crippen LogP contribution in [0, 0.1) is 13.8 Å². The molecule has 8 nitrogen and oxygen atoms in total. The Morgan fingerprint density at radius 1 is 1.28 bits per heavy atom. The summed E-state index contributed by atoms with van der Waals surface area (Å²) in [6.45, 7) is 6.07. The van der Waals surface area contributed by atoms with E-state index < -0.39 is 0 Å². The molecule has 2 amide bonds. The van der Waals surface area contributed by atoms with Gasteiger partial charge in [-0.3, -0.25) is 5.32 Å². The molecule has 4 rings (SSSR count). The number of ether oxygens (including phenoxy) is 1. The Kier molecular flexibility index (Phi) is 5.61. The van der Waals surface area contributed by atoms with Gasteiger partial charge in [0, 0.05) is 30.2 Å². The Balaban J connectivity index is 1.20. The zero-order valence-corrected chi connectivity index (χ0v) is 17.3. The molecule has 0 spiro atoms. The van der Waals surface area contributed by atoms with Crippen LogP contribution in [0.2, 0.25) is 0 Å². The molecule has 1 aromatic carbocycles. The lowest BCUT2D eigenvalue weighted by Gasteiger charge is -2.39. The molecule has 1 saturated heterocycles. The Morgan fingerprint density at radius 2 is 2.03 bits per heavy atom. The Bertz CT molecular complexity index is 1020. The number of urea groups is 1. The summed E-state index contributed by atoms with van der Waals surface area (Å²) in [5.41, 5.74) is 9.78. The second-order valence-corrected chi connectivity index (χ2v) is 8.21. The van der Waals surface area contributed by atoms with Crippen LogP contribution in [0.3, 0.4) is 0 Å². The fraction of sp³-hybridized carbons (Fsp3) is 0.350. The van der Waals surface area contributed by atoms with E-state index in [1.165, 1.54) is 11.3 Å². The first kappa shape index (κ1) is 19.6. The first-order valence-corrected chi connectivity index (χ1v) is 10.3. The molecule has 0 bridgehead atoms. The van der Waals surface area contributed by atoms with Gasteiger partial charge in [-0.15, -0.1) is 16.4 Å². The summed E-state index contributed by atoms with van der Waals surface area (Å²) in [5.74, 6) is 0. The fourth-order valence-electron chi connectivity index (χ4n) is 3.21. The highest BCUT2D eigenvalue weighted by atomic mass is 32.1. The standard InChI is InChI=1S/C20H24N6O2S/c1-12-13(2)24-25-19-17(12)18(21)16(29-19)10-28-11-22-15-8-26(9-15)20(27)23-14-6-4-3-5-7-14/h3-7,15,22H,8-11,21H2,1-2H3,(H,23,27). The smallest absolute Gasteiger partial charge is 0.321 e. The fourth-order valence-corrected chi connectivity index (χ4v) is 4.25. The number of carbonyl (C=O) groups is 1. The molecule has 3 heterocycles. The lowest BCUT2D eigenvalue weighted by Crippen LogP contribution is -2.61. The van der Waals surface area contributed by atoms with Gasteiger partial charge in [0.05, 0.1) is 29.6 Å². The first-order valence-electron chi connectivity index (χ1n) is 9.45. The minimum Gasteiger partial charge on any atom is -0.397 e. The van der Waals surface area contributed by atoms with Gasteiger partial charge >= 0.3 is 6.03 Å². The number of aryl methyl sites for hydroxylation is 2. The lowest BCUT2D eigenvalue weighted by molar-refractivity contribution is 0.0702. The number of hydrogen-bond donors (Lipinski definition) is 3. The van der Waals surface area contributed by atoms with Gasteiger partial charge in [-0.05, 0) is 31.5 Å². The van der Waals surface area contributed by atoms with Crippen molar-refractivity contribution in [1.29, 1.82) is 0 Å². The quantitative estimate of drug-likeness (QED) is 0.425. The first-order chi connectivity index (χ1) is 14.0. The average molecular weight is 413 g/mol. The third-order valence-electron chi connectivity index (χ3n) is 5.11. The van der Waals surface area contributed by atoms with E-state index in [1.54, 1.807) is 4.90 Å². The van der Waals surface area contributed by atoms with E-state index in [4.69, 9.17) is 10.5 Å². The largest absolute Gasteiger partial charge is 0.397 e. The van der Waals surface area contributed by atoms with Gasteiger partial charge in [0.25, 0.3) is 0 Å². The zero-order chi connectivity index (χ0) is 20.4. The van der Waals surface area contributed by atoms with E-state index in [0.29, 0.717) is 26.4 Å². The van der Waals surface area contributed by atoms with Gasteiger partial charge in [-0.1, -0.05) is 18.2 Å². The number of benzene rings is 1. The van der Waals surface area contributed by atoms with Crippen molar-refractivity contribution in [1.82, 2.24) is 20.4 Å². The predicted molar refractivity (Wildman–Crippen MR) is 115 cm³/mol. The number of amides is 2. The van der Waals surface area contributed by atoms with Crippen molar-refractivity contribution >= 4 is 39.0 Å². The normalized spacial score (nSPS) is 14.2. The molecule has 0 unspecified atom stereocenters. The van der Waals surface area contributed by atoms with Crippen LogP contribution in [0.15, 0.2) is 30.3 Å². The number of nitrogens with two attached hydrogens (primary N) is 1. The molecular weight excluding hydrogens is 388 g/mol. The summed E-state index contributed by atoms with van der Waals surface area (Å²) >= 11 is 1.52. The van der Waals surface area contributed by atoms with Gasteiger partial charge in [0.1, 0.15) is 4.83 Å². The molecule has 0 radical (unpaired) electrons. The molecule has 29 heavy (non-hydrogen) atoms. The molecule has 2 aromatic heterocycles. The van der Waals surface area contributed by atoms with Crippen LogP contribution in [0.25, 0.3) is 10.2 Å². The lowest BCUT2D eigenvalue weighted by atomic mass is 10.1. The van der Waals surface area contributed by atoms with Crippen LogP contribution < -0.4 is 16.4 Å². The average Bonchev–Trinajstić information content (AvgIpc) is 3.00. The molecule has 0 saturated carbocycles. The highest BCUT2D eigenvalue weighted by Gasteiger charge is 2.30. The molecule has 1 fully saturated rings. The van der Waals surface area contributed by atoms with Crippen molar-refractivity contribution < 1.29 is 9.53 Å². The van der Waals surface area contributed by atoms with E-state index in [9.17, 15) is 4.79 Å². The van der Waals surface area contributed by atoms with Crippen molar-refractivity contribution in [2.24, 2.45) is 0 Å². The second-order valence-electron chi connectivity index (χ2n) is 7.12. The van der Waals surface area contributed by atoms with Gasteiger partial charge in [-0.25, -0.2) is 4.79 Å². The summed E-state index contributed by atoms with van der Waals surface area (Å²) in [5, 5.41) is 15.6. The van der Waals surface area contributed by atoms with Crippen LogP contribution in [0.4, 0.5) is 16.2 Å². The highest BCUT2D eigenvalue weighted by molar-refractivity contribution is 7.19. The number of nitrogens with one attached hydrogen (secondary N) is 2. The number of nitrogens with zero attached hydrogens (tertiary/aromatic N) is 3. The predicted octanol–water partition coefficient (Wildman–Crippen LogP) is 2.87. The maximum absolute atomic E-state index is 12.2. The van der Waals surface area contributed by atoms with E-state index in [0.717, 1.165) is 37.7 Å². The van der Waals surface area contributed by atoms with E-state index >= 15 is 0 Å². The summed E-state index contributed by atoms with van der Waals surface area (Å²) in [6.07, 6.45) is 0. The Hall–Kier alpha value is -2.75. The van der Waals surface area contributed by atoms with Crippen molar-refractivity contribution in [2.75, 3.05) is 30.9 Å². The number of rotatable bonds is 6. The molecule has 1 aliphatic rings. The van der Waals surface area contributed by atoms with Crippen LogP contribution in [0.1, 0.15) is 16.1 Å². The zero-order valence-electron chi connectivity index (χ0n) is 16.4. The molecule has 152 valence electrons. The Labute approximate surface area is 173 Å². The minimum absolute atomic E-state index is 0.0833. The number of nitrogen functional groups attached to an aromatic ring is 1. The molecular formula is C20H24N6O2S. The molecule has 9 heteroatoms. The number of anilines is 2. The molecule has 0 atom stereocenters. The summed E-state index contributed by atoms with van der Waals surface area (Å²) in [4.78, 5) is 15.7. The second kappa shape index (κ2) is 8.32. The number of likely N-dealkylation sites (tertiary alicyclic amines) is 1. The molecule has 3 aromatic rings. The molecule has 1 aliphatic heterocycles. The van der Waals surface area contributed by atoms with E-state index in [1.807, 2.05) is 44.2 Å². The van der Waals surface area contributed by atoms with Crippen LogP contribution >= 0.6 is 11.3 Å². The topological polar surface area (TPSA) is 105 Å². The maximum atomic E-state index is 12.2. The minimum atomic E-state index is -0.0833.